The molecule has 27 heavy (non-hydrogen) atoms. The first-order valence-electron chi connectivity index (χ1n) is 9.01. The monoisotopic (exact) mass is 414 g/mol. The predicted molar refractivity (Wildman–Crippen MR) is 112 cm³/mol. The summed E-state index contributed by atoms with van der Waals surface area (Å²) in [4.78, 5) is 2.33. The standard InChI is InChI=1S/C18H27ClN4O3S/c1-3-8-26-17-15(19)11-14(12-16(17)24-2)13-21-22-18(27)20-4-5-23-6-9-25-10-7-23/h11-13H,3-10H2,1-2H3,(H2,20,22,27)/b21-13-. The molecule has 1 aromatic rings. The quantitative estimate of drug-likeness (QED) is 0.365. The molecule has 7 nitrogen and oxygen atoms in total. The fourth-order valence-corrected chi connectivity index (χ4v) is 2.94. The van der Waals surface area contributed by atoms with Crippen LogP contribution in [-0.4, -0.2) is 69.3 Å². The first-order valence-corrected chi connectivity index (χ1v) is 9.80. The number of halogens is 1. The number of ether oxygens (including phenoxy) is 3. The van der Waals surface area contributed by atoms with Crippen molar-refractivity contribution in [1.82, 2.24) is 15.6 Å². The van der Waals surface area contributed by atoms with Crippen molar-refractivity contribution >= 4 is 35.1 Å². The number of morpholine rings is 1. The van der Waals surface area contributed by atoms with Crippen LogP contribution in [0.4, 0.5) is 0 Å². The molecule has 0 aliphatic carbocycles. The van der Waals surface area contributed by atoms with Gasteiger partial charge in [-0.3, -0.25) is 10.3 Å². The summed E-state index contributed by atoms with van der Waals surface area (Å²) in [5, 5.41) is 8.24. The van der Waals surface area contributed by atoms with Gasteiger partial charge in [-0.1, -0.05) is 18.5 Å². The lowest BCUT2D eigenvalue weighted by atomic mass is 10.2. The minimum absolute atomic E-state index is 0.473. The minimum Gasteiger partial charge on any atom is -0.493 e. The molecule has 1 fully saturated rings. The van der Waals surface area contributed by atoms with E-state index < -0.39 is 0 Å². The molecule has 0 atom stereocenters. The van der Waals surface area contributed by atoms with Crippen LogP contribution in [-0.2, 0) is 4.74 Å². The van der Waals surface area contributed by atoms with Crippen molar-refractivity contribution in [2.24, 2.45) is 5.10 Å². The van der Waals surface area contributed by atoms with Gasteiger partial charge >= 0.3 is 0 Å². The molecular formula is C18H27ClN4O3S. The highest BCUT2D eigenvalue weighted by atomic mass is 35.5. The van der Waals surface area contributed by atoms with E-state index in [9.17, 15) is 0 Å². The lowest BCUT2D eigenvalue weighted by molar-refractivity contribution is 0.0389. The van der Waals surface area contributed by atoms with E-state index in [-0.39, 0.29) is 0 Å². The van der Waals surface area contributed by atoms with Crippen molar-refractivity contribution in [3.05, 3.63) is 22.7 Å². The second-order valence-electron chi connectivity index (χ2n) is 5.96. The summed E-state index contributed by atoms with van der Waals surface area (Å²) in [5.74, 6) is 1.12. The second kappa shape index (κ2) is 12.0. The van der Waals surface area contributed by atoms with E-state index in [2.05, 4.69) is 20.7 Å². The maximum absolute atomic E-state index is 6.29. The average molecular weight is 415 g/mol. The number of nitrogens with zero attached hydrogens (tertiary/aromatic N) is 2. The molecule has 0 radical (unpaired) electrons. The SMILES string of the molecule is CCCOc1c(Cl)cc(/C=N\NC(=S)NCCN2CCOCC2)cc1OC. The van der Waals surface area contributed by atoms with Crippen molar-refractivity contribution in [1.29, 1.82) is 0 Å². The lowest BCUT2D eigenvalue weighted by Crippen LogP contribution is -2.42. The van der Waals surface area contributed by atoms with E-state index in [0.717, 1.165) is 51.4 Å². The molecular weight excluding hydrogens is 388 g/mol. The second-order valence-corrected chi connectivity index (χ2v) is 6.78. The van der Waals surface area contributed by atoms with Crippen LogP contribution in [0.15, 0.2) is 17.2 Å². The smallest absolute Gasteiger partial charge is 0.187 e. The van der Waals surface area contributed by atoms with E-state index in [0.29, 0.717) is 28.2 Å². The molecule has 0 bridgehead atoms. The van der Waals surface area contributed by atoms with E-state index in [1.165, 1.54) is 0 Å². The summed E-state index contributed by atoms with van der Waals surface area (Å²) in [6.07, 6.45) is 2.52. The van der Waals surface area contributed by atoms with Gasteiger partial charge in [-0.2, -0.15) is 5.10 Å². The van der Waals surface area contributed by atoms with Gasteiger partial charge in [-0.25, -0.2) is 0 Å². The number of hydrogen-bond donors (Lipinski definition) is 2. The zero-order chi connectivity index (χ0) is 19.5. The van der Waals surface area contributed by atoms with Gasteiger partial charge in [0.2, 0.25) is 0 Å². The number of rotatable bonds is 9. The van der Waals surface area contributed by atoms with Crippen molar-refractivity contribution in [2.75, 3.05) is 53.1 Å². The number of hydrazone groups is 1. The molecule has 1 aromatic carbocycles. The summed E-state index contributed by atoms with van der Waals surface area (Å²) in [6.45, 7) is 7.79. The van der Waals surface area contributed by atoms with Gasteiger partial charge < -0.3 is 19.5 Å². The van der Waals surface area contributed by atoms with E-state index in [4.69, 9.17) is 38.0 Å². The van der Waals surface area contributed by atoms with Crippen LogP contribution in [0.3, 0.4) is 0 Å². The lowest BCUT2D eigenvalue weighted by Gasteiger charge is -2.26. The third-order valence-electron chi connectivity index (χ3n) is 3.90. The molecule has 0 amide bonds. The van der Waals surface area contributed by atoms with Crippen molar-refractivity contribution in [3.8, 4) is 11.5 Å². The van der Waals surface area contributed by atoms with Gasteiger partial charge in [0.05, 0.1) is 38.2 Å². The molecule has 2 rings (SSSR count). The minimum atomic E-state index is 0.473. The van der Waals surface area contributed by atoms with Gasteiger partial charge in [-0.15, -0.1) is 0 Å². The highest BCUT2D eigenvalue weighted by Gasteiger charge is 2.11. The highest BCUT2D eigenvalue weighted by Crippen LogP contribution is 2.36. The largest absolute Gasteiger partial charge is 0.493 e. The Balaban J connectivity index is 1.80. The van der Waals surface area contributed by atoms with Crippen molar-refractivity contribution in [3.63, 3.8) is 0 Å². The molecule has 9 heteroatoms. The van der Waals surface area contributed by atoms with Crippen LogP contribution in [0.5, 0.6) is 11.5 Å². The number of nitrogens with one attached hydrogen (secondary N) is 2. The fraction of sp³-hybridized carbons (Fsp3) is 0.556. The van der Waals surface area contributed by atoms with E-state index >= 15 is 0 Å². The van der Waals surface area contributed by atoms with Crippen molar-refractivity contribution < 1.29 is 14.2 Å². The Morgan fingerprint density at radius 2 is 2.19 bits per heavy atom. The first-order chi connectivity index (χ1) is 13.1. The first kappa shape index (κ1) is 21.7. The zero-order valence-electron chi connectivity index (χ0n) is 15.8. The maximum atomic E-state index is 6.29. The summed E-state index contributed by atoms with van der Waals surface area (Å²) >= 11 is 11.5. The zero-order valence-corrected chi connectivity index (χ0v) is 17.4. The third kappa shape index (κ3) is 7.50. The fourth-order valence-electron chi connectivity index (χ4n) is 2.52. The van der Waals surface area contributed by atoms with Crippen LogP contribution < -0.4 is 20.2 Å². The van der Waals surface area contributed by atoms with Crippen LogP contribution in [0.25, 0.3) is 0 Å². The predicted octanol–water partition coefficient (Wildman–Crippen LogP) is 2.27. The molecule has 2 N–H and O–H groups in total. The van der Waals surface area contributed by atoms with E-state index in [1.54, 1.807) is 19.4 Å². The number of benzene rings is 1. The van der Waals surface area contributed by atoms with Crippen LogP contribution >= 0.6 is 23.8 Å². The van der Waals surface area contributed by atoms with E-state index in [1.807, 2.05) is 13.0 Å². The Kier molecular flexibility index (Phi) is 9.61. The summed E-state index contributed by atoms with van der Waals surface area (Å²) in [5.41, 5.74) is 3.59. The number of hydrogen-bond acceptors (Lipinski definition) is 6. The molecule has 0 saturated carbocycles. The highest BCUT2D eigenvalue weighted by molar-refractivity contribution is 7.80. The summed E-state index contributed by atoms with van der Waals surface area (Å²) in [7, 11) is 1.58. The Labute approximate surface area is 171 Å². The molecule has 150 valence electrons. The normalized spacial score (nSPS) is 14.9. The van der Waals surface area contributed by atoms with Crippen LogP contribution in [0, 0.1) is 0 Å². The average Bonchev–Trinajstić information content (AvgIpc) is 2.67. The third-order valence-corrected chi connectivity index (χ3v) is 4.42. The Morgan fingerprint density at radius 3 is 2.89 bits per heavy atom. The Hall–Kier alpha value is -1.61. The molecule has 0 unspecified atom stereocenters. The van der Waals surface area contributed by atoms with Gasteiger partial charge in [-0.05, 0) is 36.3 Å². The number of methoxy groups -OCH3 is 1. The molecule has 1 heterocycles. The van der Waals surface area contributed by atoms with Gasteiger partial charge in [0.15, 0.2) is 16.6 Å². The van der Waals surface area contributed by atoms with Crippen LogP contribution in [0.2, 0.25) is 5.02 Å². The maximum Gasteiger partial charge on any atom is 0.187 e. The molecule has 0 spiro atoms. The molecule has 1 aliphatic rings. The number of thiocarbonyl (C=S) groups is 1. The molecule has 0 aromatic heterocycles. The summed E-state index contributed by atoms with van der Waals surface area (Å²) < 4.78 is 16.3. The Bertz CT molecular complexity index is 639. The summed E-state index contributed by atoms with van der Waals surface area (Å²) in [6, 6.07) is 3.59. The van der Waals surface area contributed by atoms with Gasteiger partial charge in [0.1, 0.15) is 0 Å². The topological polar surface area (TPSA) is 67.4 Å². The molecule has 1 saturated heterocycles. The Morgan fingerprint density at radius 1 is 1.41 bits per heavy atom. The molecule has 1 aliphatic heterocycles. The van der Waals surface area contributed by atoms with Gasteiger partial charge in [0.25, 0.3) is 0 Å². The van der Waals surface area contributed by atoms with Gasteiger partial charge in [0, 0.05) is 26.2 Å². The van der Waals surface area contributed by atoms with Crippen molar-refractivity contribution in [2.45, 2.75) is 13.3 Å². The van der Waals surface area contributed by atoms with Crippen LogP contribution in [0.1, 0.15) is 18.9 Å².